The third kappa shape index (κ3) is 2.83. The van der Waals surface area contributed by atoms with Crippen LogP contribution in [0, 0.1) is 6.92 Å². The maximum absolute atomic E-state index is 11.4. The molecule has 2 aromatic rings. The second kappa shape index (κ2) is 5.51. The molecule has 2 rings (SSSR count). The van der Waals surface area contributed by atoms with Crippen LogP contribution < -0.4 is 10.0 Å². The Kier molecular flexibility index (Phi) is 3.98. The lowest BCUT2D eigenvalue weighted by molar-refractivity contribution is -0.245. The van der Waals surface area contributed by atoms with Gasteiger partial charge in [-0.3, -0.25) is 4.90 Å². The number of nitrogens with zero attached hydrogens (tertiary/aromatic N) is 1. The summed E-state index contributed by atoms with van der Waals surface area (Å²) in [7, 11) is 0. The second-order valence-corrected chi connectivity index (χ2v) is 4.83. The zero-order chi connectivity index (χ0) is 14.0. The lowest BCUT2D eigenvalue weighted by atomic mass is 10.1. The number of amides is 1. The van der Waals surface area contributed by atoms with E-state index in [-0.39, 0.29) is 5.02 Å². The number of hydrogen-bond donors (Lipinski definition) is 0. The molecule has 0 radical (unpaired) electrons. The van der Waals surface area contributed by atoms with Crippen molar-refractivity contribution >= 4 is 40.7 Å². The fraction of sp³-hybridized carbons (Fsp3) is 0.0714. The number of hydrogen-bond acceptors (Lipinski definition) is 2. The van der Waals surface area contributed by atoms with Gasteiger partial charge in [0, 0.05) is 5.02 Å². The van der Waals surface area contributed by atoms with E-state index in [4.69, 9.17) is 23.2 Å². The van der Waals surface area contributed by atoms with Crippen LogP contribution in [0.5, 0.6) is 0 Å². The molecule has 0 atom stereocenters. The van der Waals surface area contributed by atoms with Gasteiger partial charge in [-0.1, -0.05) is 41.4 Å². The molecule has 0 aromatic heterocycles. The van der Waals surface area contributed by atoms with Crippen LogP contribution in [0.4, 0.5) is 16.2 Å². The van der Waals surface area contributed by atoms with Crippen LogP contribution in [0.15, 0.2) is 42.5 Å². The Bertz CT molecular complexity index is 629. The number of anilines is 2. The van der Waals surface area contributed by atoms with E-state index < -0.39 is 6.09 Å². The standard InChI is InChI=1S/C14H11Cl2NO2/c1-9-4-2-3-5-12(9)17(14(18)19)13-7-6-10(15)8-11(13)16/h2-8H,1H3,(H,18,19)/p-1. The van der Waals surface area contributed by atoms with Gasteiger partial charge in [0.2, 0.25) is 0 Å². The van der Waals surface area contributed by atoms with Gasteiger partial charge in [-0.15, -0.1) is 0 Å². The fourth-order valence-corrected chi connectivity index (χ4v) is 2.30. The van der Waals surface area contributed by atoms with Gasteiger partial charge in [-0.05, 0) is 36.8 Å². The molecule has 1 amide bonds. The summed E-state index contributed by atoms with van der Waals surface area (Å²) in [5.41, 5.74) is 1.63. The van der Waals surface area contributed by atoms with Crippen molar-refractivity contribution in [2.45, 2.75) is 6.92 Å². The predicted molar refractivity (Wildman–Crippen MR) is 75.2 cm³/mol. The number of carbonyl (C=O) groups is 1. The number of carbonyl (C=O) groups excluding carboxylic acids is 1. The Morgan fingerprint density at radius 1 is 1.11 bits per heavy atom. The minimum atomic E-state index is -1.35. The van der Waals surface area contributed by atoms with E-state index in [1.54, 1.807) is 24.3 Å². The first-order chi connectivity index (χ1) is 9.00. The number of carboxylic acid groups (broad SMARTS) is 1. The average Bonchev–Trinajstić information content (AvgIpc) is 2.34. The van der Waals surface area contributed by atoms with Gasteiger partial charge in [0.15, 0.2) is 0 Å². The molecular weight excluding hydrogens is 285 g/mol. The highest BCUT2D eigenvalue weighted by molar-refractivity contribution is 6.36. The summed E-state index contributed by atoms with van der Waals surface area (Å²) in [4.78, 5) is 12.4. The molecule has 0 aliphatic rings. The van der Waals surface area contributed by atoms with Crippen LogP contribution in [0.1, 0.15) is 5.56 Å². The number of halogens is 2. The first kappa shape index (κ1) is 13.7. The van der Waals surface area contributed by atoms with E-state index >= 15 is 0 Å². The van der Waals surface area contributed by atoms with Gasteiger partial charge >= 0.3 is 0 Å². The molecule has 0 saturated carbocycles. The number of para-hydroxylation sites is 1. The van der Waals surface area contributed by atoms with Crippen molar-refractivity contribution in [2.75, 3.05) is 4.90 Å². The van der Waals surface area contributed by atoms with E-state index in [1.165, 1.54) is 6.07 Å². The third-order valence-electron chi connectivity index (χ3n) is 2.69. The van der Waals surface area contributed by atoms with Crippen molar-refractivity contribution in [3.05, 3.63) is 58.1 Å². The van der Waals surface area contributed by atoms with Crippen LogP contribution in [0.3, 0.4) is 0 Å². The normalized spacial score (nSPS) is 10.3. The summed E-state index contributed by atoms with van der Waals surface area (Å²) in [6.07, 6.45) is -1.35. The zero-order valence-corrected chi connectivity index (χ0v) is 11.6. The zero-order valence-electron chi connectivity index (χ0n) is 10.1. The first-order valence-corrected chi connectivity index (χ1v) is 6.28. The average molecular weight is 295 g/mol. The van der Waals surface area contributed by atoms with Crippen LogP contribution in [-0.2, 0) is 0 Å². The Hall–Kier alpha value is -1.71. The molecule has 0 heterocycles. The van der Waals surface area contributed by atoms with Crippen molar-refractivity contribution in [2.24, 2.45) is 0 Å². The lowest BCUT2D eigenvalue weighted by Gasteiger charge is -2.27. The first-order valence-electron chi connectivity index (χ1n) is 5.52. The molecule has 0 bridgehead atoms. The Morgan fingerprint density at radius 2 is 1.79 bits per heavy atom. The molecule has 19 heavy (non-hydrogen) atoms. The predicted octanol–water partition coefficient (Wildman–Crippen LogP) is 3.78. The van der Waals surface area contributed by atoms with Crippen molar-refractivity contribution in [1.29, 1.82) is 0 Å². The second-order valence-electron chi connectivity index (χ2n) is 3.98. The van der Waals surface area contributed by atoms with Crippen LogP contribution in [0.25, 0.3) is 0 Å². The quantitative estimate of drug-likeness (QED) is 0.846. The van der Waals surface area contributed by atoms with Gasteiger partial charge < -0.3 is 9.90 Å². The smallest absolute Gasteiger partial charge is 0.146 e. The van der Waals surface area contributed by atoms with Crippen molar-refractivity contribution < 1.29 is 9.90 Å². The highest BCUT2D eigenvalue weighted by atomic mass is 35.5. The fourth-order valence-electron chi connectivity index (χ4n) is 1.80. The molecule has 0 unspecified atom stereocenters. The van der Waals surface area contributed by atoms with Gasteiger partial charge in [0.1, 0.15) is 6.09 Å². The molecule has 0 fully saturated rings. The summed E-state index contributed by atoms with van der Waals surface area (Å²) >= 11 is 11.9. The molecule has 5 heteroatoms. The summed E-state index contributed by atoms with van der Waals surface area (Å²) < 4.78 is 0. The summed E-state index contributed by atoms with van der Waals surface area (Å²) in [6.45, 7) is 1.81. The minimum absolute atomic E-state index is 0.250. The Labute approximate surface area is 121 Å². The van der Waals surface area contributed by atoms with E-state index in [0.29, 0.717) is 16.4 Å². The lowest BCUT2D eigenvalue weighted by Crippen LogP contribution is -2.38. The van der Waals surface area contributed by atoms with E-state index in [9.17, 15) is 9.90 Å². The molecule has 98 valence electrons. The molecule has 3 nitrogen and oxygen atoms in total. The van der Waals surface area contributed by atoms with Gasteiger partial charge in [-0.25, -0.2) is 0 Å². The minimum Gasteiger partial charge on any atom is -0.529 e. The topological polar surface area (TPSA) is 43.4 Å². The van der Waals surface area contributed by atoms with E-state index in [2.05, 4.69) is 0 Å². The van der Waals surface area contributed by atoms with Gasteiger partial charge in [0.05, 0.1) is 16.4 Å². The molecule has 0 aliphatic heterocycles. The molecular formula is C14H10Cl2NO2-. The largest absolute Gasteiger partial charge is 0.529 e. The summed E-state index contributed by atoms with van der Waals surface area (Å²) in [6, 6.07) is 11.7. The number of aryl methyl sites for hydroxylation is 1. The van der Waals surface area contributed by atoms with Crippen LogP contribution in [0.2, 0.25) is 10.0 Å². The van der Waals surface area contributed by atoms with Crippen LogP contribution >= 0.6 is 23.2 Å². The molecule has 0 N–H and O–H groups in total. The maximum atomic E-state index is 11.4. The van der Waals surface area contributed by atoms with Gasteiger partial charge in [-0.2, -0.15) is 0 Å². The van der Waals surface area contributed by atoms with Crippen molar-refractivity contribution in [1.82, 2.24) is 0 Å². The number of rotatable bonds is 2. The molecule has 2 aromatic carbocycles. The highest BCUT2D eigenvalue weighted by Crippen LogP contribution is 2.34. The van der Waals surface area contributed by atoms with Crippen molar-refractivity contribution in [3.8, 4) is 0 Å². The van der Waals surface area contributed by atoms with Gasteiger partial charge in [0.25, 0.3) is 0 Å². The highest BCUT2D eigenvalue weighted by Gasteiger charge is 2.15. The SMILES string of the molecule is Cc1ccccc1N(C(=O)[O-])c1ccc(Cl)cc1Cl. The monoisotopic (exact) mass is 294 g/mol. The maximum Gasteiger partial charge on any atom is 0.146 e. The molecule has 0 aliphatic carbocycles. The Morgan fingerprint density at radius 3 is 2.37 bits per heavy atom. The van der Waals surface area contributed by atoms with E-state index in [1.807, 2.05) is 19.1 Å². The molecule has 0 spiro atoms. The van der Waals surface area contributed by atoms with E-state index in [0.717, 1.165) is 10.5 Å². The summed E-state index contributed by atoms with van der Waals surface area (Å²) in [5.74, 6) is 0. The van der Waals surface area contributed by atoms with Crippen LogP contribution in [-0.4, -0.2) is 6.09 Å². The van der Waals surface area contributed by atoms with Crippen molar-refractivity contribution in [3.63, 3.8) is 0 Å². The molecule has 0 saturated heterocycles. The third-order valence-corrected chi connectivity index (χ3v) is 3.23. The number of benzene rings is 2. The Balaban J connectivity index is 2.59. The summed E-state index contributed by atoms with van der Waals surface area (Å²) in [5, 5.41) is 12.1.